The molecular formula is C19H16FN5O. The quantitative estimate of drug-likeness (QED) is 0.578. The molecule has 6 nitrogen and oxygen atoms in total. The van der Waals surface area contributed by atoms with Crippen molar-refractivity contribution in [2.75, 3.05) is 11.9 Å². The van der Waals surface area contributed by atoms with Crippen molar-refractivity contribution in [3.63, 3.8) is 0 Å². The molecule has 130 valence electrons. The summed E-state index contributed by atoms with van der Waals surface area (Å²) in [7, 11) is 0. The molecule has 7 heteroatoms. The SMILES string of the molecule is Oc1ccc(CCNc2ccc3nnc(-c4ccc(F)cc4)n3n2)cc1. The van der Waals surface area contributed by atoms with Crippen LogP contribution in [-0.2, 0) is 6.42 Å². The third kappa shape index (κ3) is 3.32. The van der Waals surface area contributed by atoms with Crippen LogP contribution >= 0.6 is 0 Å². The Balaban J connectivity index is 1.52. The number of aromatic nitrogens is 4. The number of rotatable bonds is 5. The molecule has 2 N–H and O–H groups in total. The van der Waals surface area contributed by atoms with Crippen LogP contribution in [0.2, 0.25) is 0 Å². The molecule has 0 amide bonds. The molecule has 0 radical (unpaired) electrons. The molecule has 2 aromatic heterocycles. The Morgan fingerprint density at radius 3 is 2.46 bits per heavy atom. The van der Waals surface area contributed by atoms with Gasteiger partial charge in [-0.1, -0.05) is 12.1 Å². The lowest BCUT2D eigenvalue weighted by Gasteiger charge is -2.07. The summed E-state index contributed by atoms with van der Waals surface area (Å²) in [5.41, 5.74) is 2.48. The maximum atomic E-state index is 13.1. The third-order valence-electron chi connectivity index (χ3n) is 4.02. The minimum absolute atomic E-state index is 0.259. The molecular weight excluding hydrogens is 333 g/mol. The Hall–Kier alpha value is -3.48. The summed E-state index contributed by atoms with van der Waals surface area (Å²) >= 11 is 0. The van der Waals surface area contributed by atoms with Gasteiger partial charge in [-0.15, -0.1) is 15.3 Å². The number of phenolic OH excluding ortho intramolecular Hbond substituents is 1. The minimum Gasteiger partial charge on any atom is -0.508 e. The van der Waals surface area contributed by atoms with Gasteiger partial charge < -0.3 is 10.4 Å². The van der Waals surface area contributed by atoms with Crippen LogP contribution < -0.4 is 5.32 Å². The van der Waals surface area contributed by atoms with Crippen LogP contribution in [0.3, 0.4) is 0 Å². The van der Waals surface area contributed by atoms with E-state index < -0.39 is 0 Å². The first-order valence-electron chi connectivity index (χ1n) is 8.19. The van der Waals surface area contributed by atoms with Crippen molar-refractivity contribution >= 4 is 11.5 Å². The zero-order valence-electron chi connectivity index (χ0n) is 13.8. The number of fused-ring (bicyclic) bond motifs is 1. The number of aromatic hydroxyl groups is 1. The van der Waals surface area contributed by atoms with Crippen molar-refractivity contribution in [3.8, 4) is 17.1 Å². The van der Waals surface area contributed by atoms with E-state index in [4.69, 9.17) is 0 Å². The zero-order valence-corrected chi connectivity index (χ0v) is 13.8. The van der Waals surface area contributed by atoms with E-state index in [9.17, 15) is 9.50 Å². The second-order valence-corrected chi connectivity index (χ2v) is 5.86. The van der Waals surface area contributed by atoms with Crippen LogP contribution in [0.15, 0.2) is 60.7 Å². The Morgan fingerprint density at radius 2 is 1.69 bits per heavy atom. The lowest BCUT2D eigenvalue weighted by atomic mass is 10.1. The number of nitrogens with zero attached hydrogens (tertiary/aromatic N) is 4. The van der Waals surface area contributed by atoms with E-state index in [0.717, 1.165) is 17.5 Å². The van der Waals surface area contributed by atoms with Gasteiger partial charge in [0.2, 0.25) is 0 Å². The van der Waals surface area contributed by atoms with Crippen molar-refractivity contribution < 1.29 is 9.50 Å². The summed E-state index contributed by atoms with van der Waals surface area (Å²) in [6.45, 7) is 0.692. The van der Waals surface area contributed by atoms with E-state index in [1.54, 1.807) is 28.8 Å². The Kier molecular flexibility index (Phi) is 4.18. The van der Waals surface area contributed by atoms with Gasteiger partial charge in [-0.05, 0) is 60.5 Å². The van der Waals surface area contributed by atoms with Gasteiger partial charge in [0.05, 0.1) is 0 Å². The largest absolute Gasteiger partial charge is 0.508 e. The second-order valence-electron chi connectivity index (χ2n) is 5.86. The average molecular weight is 349 g/mol. The van der Waals surface area contributed by atoms with E-state index in [-0.39, 0.29) is 11.6 Å². The predicted molar refractivity (Wildman–Crippen MR) is 96.5 cm³/mol. The number of phenols is 1. The number of hydrogen-bond donors (Lipinski definition) is 2. The summed E-state index contributed by atoms with van der Waals surface area (Å²) in [5, 5.41) is 25.4. The van der Waals surface area contributed by atoms with Gasteiger partial charge in [0.15, 0.2) is 11.5 Å². The van der Waals surface area contributed by atoms with Crippen LogP contribution in [-0.4, -0.2) is 31.5 Å². The first-order chi connectivity index (χ1) is 12.7. The first kappa shape index (κ1) is 16.0. The maximum Gasteiger partial charge on any atom is 0.185 e. The number of halogens is 1. The molecule has 4 rings (SSSR count). The molecule has 26 heavy (non-hydrogen) atoms. The fourth-order valence-electron chi connectivity index (χ4n) is 2.66. The minimum atomic E-state index is -0.299. The Labute approximate surface area is 148 Å². The van der Waals surface area contributed by atoms with Crippen molar-refractivity contribution in [1.82, 2.24) is 19.8 Å². The molecule has 0 fully saturated rings. The van der Waals surface area contributed by atoms with Gasteiger partial charge in [0, 0.05) is 12.1 Å². The van der Waals surface area contributed by atoms with E-state index in [1.165, 1.54) is 12.1 Å². The number of nitrogens with one attached hydrogen (secondary N) is 1. The molecule has 2 aromatic carbocycles. The van der Waals surface area contributed by atoms with E-state index in [2.05, 4.69) is 20.6 Å². The van der Waals surface area contributed by atoms with Crippen LogP contribution in [0.1, 0.15) is 5.56 Å². The average Bonchev–Trinajstić information content (AvgIpc) is 3.07. The Bertz CT molecular complexity index is 1030. The fourth-order valence-corrected chi connectivity index (χ4v) is 2.66. The summed E-state index contributed by atoms with van der Waals surface area (Å²) in [5.74, 6) is 1.21. The van der Waals surface area contributed by atoms with Gasteiger partial charge in [-0.2, -0.15) is 4.52 Å². The van der Waals surface area contributed by atoms with Crippen molar-refractivity contribution in [3.05, 3.63) is 72.0 Å². The molecule has 0 unspecified atom stereocenters. The second kappa shape index (κ2) is 6.79. The molecule has 0 saturated heterocycles. The van der Waals surface area contributed by atoms with Gasteiger partial charge >= 0.3 is 0 Å². The molecule has 0 atom stereocenters. The zero-order chi connectivity index (χ0) is 17.9. The molecule has 2 heterocycles. The molecule has 0 aliphatic carbocycles. The molecule has 0 bridgehead atoms. The van der Waals surface area contributed by atoms with Gasteiger partial charge in [-0.3, -0.25) is 0 Å². The normalized spacial score (nSPS) is 11.0. The lowest BCUT2D eigenvalue weighted by molar-refractivity contribution is 0.475. The van der Waals surface area contributed by atoms with E-state index >= 15 is 0 Å². The number of benzene rings is 2. The van der Waals surface area contributed by atoms with Crippen LogP contribution in [0.25, 0.3) is 17.0 Å². The predicted octanol–water partition coefficient (Wildman–Crippen LogP) is 3.29. The molecule has 0 aliphatic heterocycles. The van der Waals surface area contributed by atoms with Gasteiger partial charge in [0.25, 0.3) is 0 Å². The van der Waals surface area contributed by atoms with Crippen molar-refractivity contribution in [2.24, 2.45) is 0 Å². The van der Waals surface area contributed by atoms with Crippen molar-refractivity contribution in [1.29, 1.82) is 0 Å². The van der Waals surface area contributed by atoms with Crippen molar-refractivity contribution in [2.45, 2.75) is 6.42 Å². The molecule has 4 aromatic rings. The van der Waals surface area contributed by atoms with Crippen LogP contribution in [0.4, 0.5) is 10.2 Å². The smallest absolute Gasteiger partial charge is 0.185 e. The van der Waals surface area contributed by atoms with Gasteiger partial charge in [-0.25, -0.2) is 4.39 Å². The number of anilines is 1. The monoisotopic (exact) mass is 349 g/mol. The highest BCUT2D eigenvalue weighted by Crippen LogP contribution is 2.19. The Morgan fingerprint density at radius 1 is 0.923 bits per heavy atom. The van der Waals surface area contributed by atoms with Crippen LogP contribution in [0, 0.1) is 5.82 Å². The standard InChI is InChI=1S/C19H16FN5O/c20-15-5-3-14(4-6-15)19-23-22-18-10-9-17(24-25(18)19)21-12-11-13-1-7-16(26)8-2-13/h1-10,26H,11-12H2,(H,21,24). The lowest BCUT2D eigenvalue weighted by Crippen LogP contribution is -2.08. The molecule has 0 aliphatic rings. The van der Waals surface area contributed by atoms with E-state index in [0.29, 0.717) is 23.8 Å². The number of hydrogen-bond acceptors (Lipinski definition) is 5. The van der Waals surface area contributed by atoms with E-state index in [1.807, 2.05) is 24.3 Å². The highest BCUT2D eigenvalue weighted by atomic mass is 19.1. The summed E-state index contributed by atoms with van der Waals surface area (Å²) in [6, 6.07) is 16.9. The highest BCUT2D eigenvalue weighted by Gasteiger charge is 2.10. The summed E-state index contributed by atoms with van der Waals surface area (Å²) in [6.07, 6.45) is 0.799. The summed E-state index contributed by atoms with van der Waals surface area (Å²) in [4.78, 5) is 0. The first-order valence-corrected chi connectivity index (χ1v) is 8.19. The molecule has 0 spiro atoms. The third-order valence-corrected chi connectivity index (χ3v) is 4.02. The van der Waals surface area contributed by atoms with Crippen LogP contribution in [0.5, 0.6) is 5.75 Å². The summed E-state index contributed by atoms with van der Waals surface area (Å²) < 4.78 is 14.8. The fraction of sp³-hybridized carbons (Fsp3) is 0.105. The van der Waals surface area contributed by atoms with Gasteiger partial charge in [0.1, 0.15) is 17.4 Å². The highest BCUT2D eigenvalue weighted by molar-refractivity contribution is 5.59. The topological polar surface area (TPSA) is 75.3 Å². The maximum absolute atomic E-state index is 13.1. The molecule has 0 saturated carbocycles.